The summed E-state index contributed by atoms with van der Waals surface area (Å²) < 4.78 is 0. The van der Waals surface area contributed by atoms with E-state index in [1.165, 1.54) is 11.3 Å². The molecule has 0 fully saturated rings. The first kappa shape index (κ1) is 12.4. The minimum absolute atomic E-state index is 0.375. The van der Waals surface area contributed by atoms with E-state index in [1.54, 1.807) is 6.07 Å². The molecule has 100 valence electrons. The standard InChI is InChI=1S/C15H15N5/c1-10-7-13(9-16)20-15(18-10)19-12-4-5-14-11(8-12)3-2-6-17-14/h4-5,7-8,17H,2-3,6H2,1H3,(H,18,19,20). The summed E-state index contributed by atoms with van der Waals surface area (Å²) in [6, 6.07) is 9.88. The van der Waals surface area contributed by atoms with E-state index in [2.05, 4.69) is 32.7 Å². The predicted octanol–water partition coefficient (Wildman–Crippen LogP) is 2.76. The summed E-state index contributed by atoms with van der Waals surface area (Å²) in [6.45, 7) is 2.89. The number of hydrogen-bond acceptors (Lipinski definition) is 5. The van der Waals surface area contributed by atoms with Crippen LogP contribution in [-0.4, -0.2) is 16.5 Å². The lowest BCUT2D eigenvalue weighted by atomic mass is 10.0. The molecule has 0 spiro atoms. The first-order valence-electron chi connectivity index (χ1n) is 6.64. The van der Waals surface area contributed by atoms with Crippen LogP contribution in [0.15, 0.2) is 24.3 Å². The van der Waals surface area contributed by atoms with Crippen LogP contribution >= 0.6 is 0 Å². The number of fused-ring (bicyclic) bond motifs is 1. The van der Waals surface area contributed by atoms with Crippen LogP contribution in [0.4, 0.5) is 17.3 Å². The molecule has 1 aromatic carbocycles. The Morgan fingerprint density at radius 1 is 1.30 bits per heavy atom. The highest BCUT2D eigenvalue weighted by Gasteiger charge is 2.09. The van der Waals surface area contributed by atoms with Crippen molar-refractivity contribution >= 4 is 17.3 Å². The van der Waals surface area contributed by atoms with Gasteiger partial charge in [0.15, 0.2) is 0 Å². The van der Waals surface area contributed by atoms with Gasteiger partial charge in [-0.05, 0) is 49.6 Å². The molecule has 5 heteroatoms. The minimum Gasteiger partial charge on any atom is -0.385 e. The van der Waals surface area contributed by atoms with Crippen LogP contribution in [0.1, 0.15) is 23.4 Å². The largest absolute Gasteiger partial charge is 0.385 e. The number of aryl methyl sites for hydroxylation is 2. The fraction of sp³-hybridized carbons (Fsp3) is 0.267. The highest BCUT2D eigenvalue weighted by Crippen LogP contribution is 2.26. The second-order valence-corrected chi connectivity index (χ2v) is 4.86. The molecule has 0 aliphatic carbocycles. The molecule has 0 saturated carbocycles. The number of nitriles is 1. The zero-order chi connectivity index (χ0) is 13.9. The van der Waals surface area contributed by atoms with E-state index in [0.717, 1.165) is 30.8 Å². The number of aromatic nitrogens is 2. The molecule has 1 aliphatic heterocycles. The molecule has 0 radical (unpaired) electrons. The molecule has 1 aliphatic rings. The van der Waals surface area contributed by atoms with Gasteiger partial charge in [0.2, 0.25) is 5.95 Å². The van der Waals surface area contributed by atoms with Crippen LogP contribution in [0, 0.1) is 18.3 Å². The summed E-state index contributed by atoms with van der Waals surface area (Å²) in [4.78, 5) is 8.46. The average Bonchev–Trinajstić information content (AvgIpc) is 2.46. The van der Waals surface area contributed by atoms with Crippen molar-refractivity contribution in [3.8, 4) is 6.07 Å². The Morgan fingerprint density at radius 3 is 3.05 bits per heavy atom. The van der Waals surface area contributed by atoms with Crippen molar-refractivity contribution in [1.29, 1.82) is 5.26 Å². The number of nitrogens with zero attached hydrogens (tertiary/aromatic N) is 3. The fourth-order valence-electron chi connectivity index (χ4n) is 2.36. The summed E-state index contributed by atoms with van der Waals surface area (Å²) in [5.74, 6) is 0.463. The number of rotatable bonds is 2. The Morgan fingerprint density at radius 2 is 2.20 bits per heavy atom. The van der Waals surface area contributed by atoms with Gasteiger partial charge in [0, 0.05) is 23.6 Å². The second kappa shape index (κ2) is 5.17. The van der Waals surface area contributed by atoms with Crippen LogP contribution in [0.2, 0.25) is 0 Å². The molecule has 0 unspecified atom stereocenters. The lowest BCUT2D eigenvalue weighted by Gasteiger charge is -2.18. The summed E-state index contributed by atoms with van der Waals surface area (Å²) in [5, 5.41) is 15.5. The summed E-state index contributed by atoms with van der Waals surface area (Å²) >= 11 is 0. The Bertz CT molecular complexity index is 687. The number of nitrogens with one attached hydrogen (secondary N) is 2. The molecule has 3 rings (SSSR count). The normalized spacial score (nSPS) is 13.0. The van der Waals surface area contributed by atoms with Crippen LogP contribution < -0.4 is 10.6 Å². The van der Waals surface area contributed by atoms with Crippen LogP contribution in [0.3, 0.4) is 0 Å². The molecule has 5 nitrogen and oxygen atoms in total. The zero-order valence-corrected chi connectivity index (χ0v) is 11.3. The summed E-state index contributed by atoms with van der Waals surface area (Å²) in [5.41, 5.74) is 4.60. The summed E-state index contributed by atoms with van der Waals surface area (Å²) in [7, 11) is 0. The van der Waals surface area contributed by atoms with Crippen molar-refractivity contribution in [3.05, 3.63) is 41.2 Å². The molecule has 20 heavy (non-hydrogen) atoms. The lowest BCUT2D eigenvalue weighted by molar-refractivity contribution is 0.830. The lowest BCUT2D eigenvalue weighted by Crippen LogP contribution is -2.11. The van der Waals surface area contributed by atoms with Crippen LogP contribution in [-0.2, 0) is 6.42 Å². The van der Waals surface area contributed by atoms with E-state index in [4.69, 9.17) is 5.26 Å². The molecular formula is C15H15N5. The van der Waals surface area contributed by atoms with Gasteiger partial charge in [-0.15, -0.1) is 0 Å². The third kappa shape index (κ3) is 2.54. The minimum atomic E-state index is 0.375. The second-order valence-electron chi connectivity index (χ2n) is 4.86. The Hall–Kier alpha value is -2.61. The highest BCUT2D eigenvalue weighted by molar-refractivity contribution is 5.63. The molecule has 0 saturated heterocycles. The highest BCUT2D eigenvalue weighted by atomic mass is 15.1. The van der Waals surface area contributed by atoms with Crippen molar-refractivity contribution < 1.29 is 0 Å². The number of anilines is 3. The Labute approximate surface area is 117 Å². The van der Waals surface area contributed by atoms with E-state index >= 15 is 0 Å². The van der Waals surface area contributed by atoms with Gasteiger partial charge in [-0.1, -0.05) is 0 Å². The van der Waals surface area contributed by atoms with Crippen molar-refractivity contribution in [2.75, 3.05) is 17.2 Å². The van der Waals surface area contributed by atoms with Gasteiger partial charge in [0.25, 0.3) is 0 Å². The number of benzene rings is 1. The molecule has 2 heterocycles. The van der Waals surface area contributed by atoms with Crippen LogP contribution in [0.5, 0.6) is 0 Å². The maximum atomic E-state index is 8.93. The van der Waals surface area contributed by atoms with Gasteiger partial charge >= 0.3 is 0 Å². The van der Waals surface area contributed by atoms with Gasteiger partial charge in [-0.3, -0.25) is 0 Å². The molecule has 1 aromatic heterocycles. The summed E-state index contributed by atoms with van der Waals surface area (Å²) in [6.07, 6.45) is 2.23. The molecule has 2 aromatic rings. The first-order chi connectivity index (χ1) is 9.74. The predicted molar refractivity (Wildman–Crippen MR) is 78.0 cm³/mol. The molecule has 0 atom stereocenters. The van der Waals surface area contributed by atoms with E-state index < -0.39 is 0 Å². The van der Waals surface area contributed by atoms with E-state index in [1.807, 2.05) is 19.1 Å². The Kier molecular flexibility index (Phi) is 3.21. The van der Waals surface area contributed by atoms with Crippen molar-refractivity contribution in [2.24, 2.45) is 0 Å². The maximum Gasteiger partial charge on any atom is 0.228 e. The van der Waals surface area contributed by atoms with Crippen LogP contribution in [0.25, 0.3) is 0 Å². The fourth-order valence-corrected chi connectivity index (χ4v) is 2.36. The quantitative estimate of drug-likeness (QED) is 0.873. The molecule has 0 amide bonds. The molecular weight excluding hydrogens is 250 g/mol. The zero-order valence-electron chi connectivity index (χ0n) is 11.3. The molecule has 2 N–H and O–H groups in total. The maximum absolute atomic E-state index is 8.93. The van der Waals surface area contributed by atoms with Gasteiger partial charge < -0.3 is 10.6 Å². The van der Waals surface area contributed by atoms with Gasteiger partial charge in [-0.25, -0.2) is 9.97 Å². The number of hydrogen-bond donors (Lipinski definition) is 2. The van der Waals surface area contributed by atoms with E-state index in [-0.39, 0.29) is 0 Å². The van der Waals surface area contributed by atoms with Gasteiger partial charge in [-0.2, -0.15) is 5.26 Å². The average molecular weight is 265 g/mol. The SMILES string of the molecule is Cc1cc(C#N)nc(Nc2ccc3c(c2)CCCN3)n1. The third-order valence-electron chi connectivity index (χ3n) is 3.27. The monoisotopic (exact) mass is 265 g/mol. The van der Waals surface area contributed by atoms with Crippen molar-refractivity contribution in [3.63, 3.8) is 0 Å². The van der Waals surface area contributed by atoms with Gasteiger partial charge in [0.1, 0.15) is 11.8 Å². The van der Waals surface area contributed by atoms with Crippen molar-refractivity contribution in [2.45, 2.75) is 19.8 Å². The molecule has 0 bridgehead atoms. The van der Waals surface area contributed by atoms with E-state index in [9.17, 15) is 0 Å². The Balaban J connectivity index is 1.88. The van der Waals surface area contributed by atoms with E-state index in [0.29, 0.717) is 11.6 Å². The van der Waals surface area contributed by atoms with Gasteiger partial charge in [0.05, 0.1) is 0 Å². The topological polar surface area (TPSA) is 73.6 Å². The van der Waals surface area contributed by atoms with Crippen molar-refractivity contribution in [1.82, 2.24) is 9.97 Å². The smallest absolute Gasteiger partial charge is 0.228 e. The third-order valence-corrected chi connectivity index (χ3v) is 3.27. The first-order valence-corrected chi connectivity index (χ1v) is 6.64.